The van der Waals surface area contributed by atoms with Crippen molar-refractivity contribution in [1.82, 2.24) is 25.2 Å². The molecule has 24 heavy (non-hydrogen) atoms. The van der Waals surface area contributed by atoms with Gasteiger partial charge in [0.05, 0.1) is 5.01 Å². The maximum Gasteiger partial charge on any atom is 0.264 e. The van der Waals surface area contributed by atoms with Crippen LogP contribution in [-0.4, -0.2) is 51.3 Å². The quantitative estimate of drug-likeness (QED) is 0.843. The van der Waals surface area contributed by atoms with Crippen molar-refractivity contribution in [3.05, 3.63) is 32.5 Å². The Morgan fingerprint density at radius 3 is 2.88 bits per heavy atom. The minimum absolute atomic E-state index is 0.0507. The van der Waals surface area contributed by atoms with E-state index in [4.69, 9.17) is 0 Å². The Hall–Kier alpha value is -2.55. The number of carbonyl (C=O) groups is 2. The molecule has 0 aromatic carbocycles. The normalized spacial score (nSPS) is 17.8. The molecule has 2 amide bonds. The lowest BCUT2D eigenvalue weighted by Gasteiger charge is -2.30. The van der Waals surface area contributed by atoms with Crippen molar-refractivity contribution >= 4 is 23.2 Å². The highest BCUT2D eigenvalue weighted by Crippen LogP contribution is 2.16. The fourth-order valence-corrected chi connectivity index (χ4v) is 3.15. The summed E-state index contributed by atoms with van der Waals surface area (Å²) < 4.78 is 0. The lowest BCUT2D eigenvalue weighted by atomic mass is 10.1. The van der Waals surface area contributed by atoms with E-state index in [1.54, 1.807) is 17.3 Å². The molecule has 1 aliphatic heterocycles. The summed E-state index contributed by atoms with van der Waals surface area (Å²) >= 11 is 1.45. The maximum atomic E-state index is 12.3. The zero-order chi connectivity index (χ0) is 17.3. The van der Waals surface area contributed by atoms with Gasteiger partial charge in [0.25, 0.3) is 11.5 Å². The molecule has 9 heteroatoms. The van der Waals surface area contributed by atoms with Crippen LogP contribution in [0.15, 0.2) is 16.4 Å². The van der Waals surface area contributed by atoms with E-state index in [1.807, 2.05) is 6.92 Å². The van der Waals surface area contributed by atoms with E-state index in [9.17, 15) is 14.4 Å². The molecule has 0 unspecified atom stereocenters. The number of aromatic amines is 1. The van der Waals surface area contributed by atoms with Crippen molar-refractivity contribution in [2.45, 2.75) is 25.8 Å². The third-order valence-electron chi connectivity index (χ3n) is 3.87. The lowest BCUT2D eigenvalue weighted by Crippen LogP contribution is -2.49. The number of hydrogen-bond donors (Lipinski definition) is 2. The summed E-state index contributed by atoms with van der Waals surface area (Å²) in [6.07, 6.45) is 2.21. The molecule has 126 valence electrons. The number of rotatable bonds is 3. The Morgan fingerprint density at radius 2 is 2.25 bits per heavy atom. The van der Waals surface area contributed by atoms with Crippen LogP contribution in [0.25, 0.3) is 11.5 Å². The number of likely N-dealkylation sites (tertiary alicyclic amines) is 1. The van der Waals surface area contributed by atoms with Crippen LogP contribution in [0.2, 0.25) is 0 Å². The van der Waals surface area contributed by atoms with E-state index in [1.165, 1.54) is 17.5 Å². The van der Waals surface area contributed by atoms with Gasteiger partial charge in [0, 0.05) is 37.6 Å². The molecule has 3 heterocycles. The first-order chi connectivity index (χ1) is 11.4. The summed E-state index contributed by atoms with van der Waals surface area (Å²) in [6.45, 7) is 2.30. The minimum atomic E-state index is -0.511. The predicted molar refractivity (Wildman–Crippen MR) is 88.8 cm³/mol. The van der Waals surface area contributed by atoms with Gasteiger partial charge in [-0.3, -0.25) is 14.4 Å². The van der Waals surface area contributed by atoms with Gasteiger partial charge in [-0.15, -0.1) is 11.3 Å². The number of nitrogens with zero attached hydrogens (tertiary/aromatic N) is 3. The fourth-order valence-electron chi connectivity index (χ4n) is 2.55. The van der Waals surface area contributed by atoms with Crippen molar-refractivity contribution < 1.29 is 9.59 Å². The van der Waals surface area contributed by atoms with E-state index >= 15 is 0 Å². The minimum Gasteiger partial charge on any atom is -0.347 e. The molecule has 0 aliphatic carbocycles. The summed E-state index contributed by atoms with van der Waals surface area (Å²) in [7, 11) is 1.69. The summed E-state index contributed by atoms with van der Waals surface area (Å²) in [5.74, 6) is -0.0932. The van der Waals surface area contributed by atoms with Crippen molar-refractivity contribution in [1.29, 1.82) is 0 Å². The smallest absolute Gasteiger partial charge is 0.264 e. The first-order valence-corrected chi connectivity index (χ1v) is 8.38. The molecular formula is C15H17N5O3S. The molecule has 8 nitrogen and oxygen atoms in total. The highest BCUT2D eigenvalue weighted by molar-refractivity contribution is 7.09. The highest BCUT2D eigenvalue weighted by Gasteiger charge is 2.25. The Labute approximate surface area is 141 Å². The number of hydrogen-bond acceptors (Lipinski definition) is 6. The van der Waals surface area contributed by atoms with Gasteiger partial charge in [0.15, 0.2) is 5.82 Å². The second-order valence-corrected chi connectivity index (χ2v) is 6.77. The van der Waals surface area contributed by atoms with Gasteiger partial charge in [-0.2, -0.15) is 0 Å². The van der Waals surface area contributed by atoms with E-state index in [-0.39, 0.29) is 17.5 Å². The van der Waals surface area contributed by atoms with Crippen molar-refractivity contribution in [2.75, 3.05) is 13.6 Å². The molecule has 3 rings (SSSR count). The highest BCUT2D eigenvalue weighted by atomic mass is 32.1. The molecule has 2 aromatic rings. The zero-order valence-electron chi connectivity index (χ0n) is 13.3. The van der Waals surface area contributed by atoms with Crippen LogP contribution in [0.5, 0.6) is 0 Å². The molecule has 1 aliphatic rings. The van der Waals surface area contributed by atoms with Crippen LogP contribution >= 0.6 is 11.3 Å². The van der Waals surface area contributed by atoms with Gasteiger partial charge >= 0.3 is 0 Å². The third-order valence-corrected chi connectivity index (χ3v) is 4.64. The van der Waals surface area contributed by atoms with Crippen LogP contribution in [0, 0.1) is 6.92 Å². The summed E-state index contributed by atoms with van der Waals surface area (Å²) in [6, 6.07) is -0.166. The fraction of sp³-hybridized carbons (Fsp3) is 0.400. The second kappa shape index (κ2) is 6.52. The lowest BCUT2D eigenvalue weighted by molar-refractivity contribution is -0.132. The summed E-state index contributed by atoms with van der Waals surface area (Å²) in [5.41, 5.74) is 0.0163. The van der Waals surface area contributed by atoms with Crippen LogP contribution in [0.4, 0.5) is 0 Å². The van der Waals surface area contributed by atoms with E-state index in [0.717, 1.165) is 5.01 Å². The van der Waals surface area contributed by atoms with Gasteiger partial charge in [0.1, 0.15) is 11.3 Å². The third kappa shape index (κ3) is 3.35. The largest absolute Gasteiger partial charge is 0.347 e. The van der Waals surface area contributed by atoms with Gasteiger partial charge in [-0.25, -0.2) is 9.97 Å². The van der Waals surface area contributed by atoms with E-state index in [0.29, 0.717) is 30.9 Å². The Morgan fingerprint density at radius 1 is 1.46 bits per heavy atom. The molecular weight excluding hydrogens is 330 g/mol. The number of aryl methyl sites for hydroxylation is 1. The Balaban J connectivity index is 1.74. The van der Waals surface area contributed by atoms with E-state index < -0.39 is 11.5 Å². The topological polar surface area (TPSA) is 108 Å². The molecule has 0 bridgehead atoms. The average molecular weight is 347 g/mol. The van der Waals surface area contributed by atoms with E-state index in [2.05, 4.69) is 20.3 Å². The monoisotopic (exact) mass is 347 g/mol. The van der Waals surface area contributed by atoms with Crippen molar-refractivity contribution in [2.24, 2.45) is 0 Å². The second-order valence-electron chi connectivity index (χ2n) is 5.71. The molecule has 2 aromatic heterocycles. The number of piperidine rings is 1. The number of aromatic nitrogens is 3. The van der Waals surface area contributed by atoms with Gasteiger partial charge in [-0.05, 0) is 13.3 Å². The molecule has 1 saturated heterocycles. The maximum absolute atomic E-state index is 12.3. The molecule has 0 saturated carbocycles. The van der Waals surface area contributed by atoms with Gasteiger partial charge in [0.2, 0.25) is 5.91 Å². The first kappa shape index (κ1) is 16.3. The summed E-state index contributed by atoms with van der Waals surface area (Å²) in [4.78, 5) is 48.5. The van der Waals surface area contributed by atoms with Crippen LogP contribution in [0.3, 0.4) is 0 Å². The number of H-pyrrole nitrogens is 1. The van der Waals surface area contributed by atoms with Crippen LogP contribution in [-0.2, 0) is 4.79 Å². The molecule has 1 atom stereocenters. The first-order valence-electron chi connectivity index (χ1n) is 7.50. The number of carbonyl (C=O) groups excluding carboxylic acids is 2. The molecule has 0 spiro atoms. The molecule has 1 fully saturated rings. The average Bonchev–Trinajstić information content (AvgIpc) is 2.97. The molecule has 0 radical (unpaired) electrons. The SMILES string of the molecule is Cc1nc(-c2ncc(C(=O)N[C@@H]3CCC(=O)N(C)C3)c(=O)[nH]2)cs1. The van der Waals surface area contributed by atoms with Crippen LogP contribution in [0.1, 0.15) is 28.2 Å². The molecule has 2 N–H and O–H groups in total. The van der Waals surface area contributed by atoms with Crippen molar-refractivity contribution in [3.63, 3.8) is 0 Å². The number of thiazole rings is 1. The Bertz CT molecular complexity index is 844. The number of nitrogens with one attached hydrogen (secondary N) is 2. The predicted octanol–water partition coefficient (Wildman–Crippen LogP) is 0.552. The zero-order valence-corrected chi connectivity index (χ0v) is 14.1. The van der Waals surface area contributed by atoms with Crippen LogP contribution < -0.4 is 10.9 Å². The standard InChI is InChI=1S/C15H17N5O3S/c1-8-17-11(7-24-8)13-16-5-10(15(23)19-13)14(22)18-9-3-4-12(21)20(2)6-9/h5,7,9H,3-4,6H2,1-2H3,(H,18,22)(H,16,19,23)/t9-/m1/s1. The number of likely N-dealkylation sites (N-methyl/N-ethyl adjacent to an activating group) is 1. The van der Waals surface area contributed by atoms with Gasteiger partial charge < -0.3 is 15.2 Å². The number of amides is 2. The Kier molecular flexibility index (Phi) is 4.43. The van der Waals surface area contributed by atoms with Gasteiger partial charge in [-0.1, -0.05) is 0 Å². The van der Waals surface area contributed by atoms with Crippen molar-refractivity contribution in [3.8, 4) is 11.5 Å². The summed E-state index contributed by atoms with van der Waals surface area (Å²) in [5, 5.41) is 5.44.